The monoisotopic (exact) mass is 529 g/mol. The molecule has 0 aromatic carbocycles. The van der Waals surface area contributed by atoms with Crippen molar-refractivity contribution in [1.82, 2.24) is 29.1 Å². The van der Waals surface area contributed by atoms with Crippen molar-refractivity contribution in [3.8, 4) is 11.5 Å². The van der Waals surface area contributed by atoms with E-state index in [4.69, 9.17) is 0 Å². The average Bonchev–Trinajstić information content (AvgIpc) is 3.51. The molecule has 35 heavy (non-hydrogen) atoms. The van der Waals surface area contributed by atoms with Gasteiger partial charge in [-0.25, -0.2) is 26.8 Å². The van der Waals surface area contributed by atoms with Gasteiger partial charge >= 0.3 is 6.18 Å². The molecule has 0 bridgehead atoms. The van der Waals surface area contributed by atoms with Crippen LogP contribution in [0.5, 0.6) is 0 Å². The molecule has 16 heteroatoms. The molecule has 0 amide bonds. The maximum Gasteiger partial charge on any atom is 0.435 e. The normalized spacial score (nSPS) is 15.2. The highest BCUT2D eigenvalue weighted by molar-refractivity contribution is 7.93. The molecule has 1 fully saturated rings. The minimum Gasteiger partial charge on any atom is -0.309 e. The van der Waals surface area contributed by atoms with Gasteiger partial charge in [0.2, 0.25) is 10.0 Å². The molecule has 4 heterocycles. The van der Waals surface area contributed by atoms with Crippen molar-refractivity contribution < 1.29 is 30.0 Å². The lowest BCUT2D eigenvalue weighted by Gasteiger charge is -2.08. The molecule has 4 aromatic heterocycles. The Bertz CT molecular complexity index is 1710. The molecule has 1 aliphatic rings. The summed E-state index contributed by atoms with van der Waals surface area (Å²) in [6.07, 6.45) is -2.24. The Kier molecular flexibility index (Phi) is 5.11. The van der Waals surface area contributed by atoms with E-state index in [9.17, 15) is 30.0 Å². The molecule has 1 aliphatic carbocycles. The molecule has 186 valence electrons. The fourth-order valence-corrected chi connectivity index (χ4v) is 6.17. The zero-order valence-corrected chi connectivity index (χ0v) is 19.9. The van der Waals surface area contributed by atoms with E-state index in [1.807, 2.05) is 0 Å². The van der Waals surface area contributed by atoms with Crippen molar-refractivity contribution in [3.63, 3.8) is 0 Å². The standard InChI is InChI=1S/C19H18F3N7O4S2/c1-3-34(30,31)18-15(17-23-12-9-13(19(20,21)22)25-26-16(12)28(17)2)24-14-8-10(6-7-29(14)18)27-35(32,33)11-4-5-11/h6-9,11,27H,3-5H2,1-2H3. The van der Waals surface area contributed by atoms with E-state index in [1.54, 1.807) is 0 Å². The molecule has 1 saturated carbocycles. The topological polar surface area (TPSA) is 141 Å². The quantitative estimate of drug-likeness (QED) is 0.401. The number of fused-ring (bicyclic) bond motifs is 2. The van der Waals surface area contributed by atoms with Gasteiger partial charge in [0, 0.05) is 25.4 Å². The summed E-state index contributed by atoms with van der Waals surface area (Å²) < 4.78 is 94.9. The van der Waals surface area contributed by atoms with Crippen LogP contribution in [-0.2, 0) is 33.1 Å². The molecule has 0 spiro atoms. The second kappa shape index (κ2) is 7.61. The van der Waals surface area contributed by atoms with E-state index in [0.717, 1.165) is 6.07 Å². The smallest absolute Gasteiger partial charge is 0.309 e. The highest BCUT2D eigenvalue weighted by Crippen LogP contribution is 2.34. The van der Waals surface area contributed by atoms with Crippen LogP contribution in [0.15, 0.2) is 29.4 Å². The first-order valence-corrected chi connectivity index (χ1v) is 13.6. The second-order valence-corrected chi connectivity index (χ2v) is 12.2. The maximum atomic E-state index is 13.1. The van der Waals surface area contributed by atoms with Gasteiger partial charge in [0.05, 0.1) is 16.7 Å². The van der Waals surface area contributed by atoms with Gasteiger partial charge in [0.15, 0.2) is 32.0 Å². The number of alkyl halides is 3. The first-order chi connectivity index (χ1) is 16.3. The zero-order valence-electron chi connectivity index (χ0n) is 18.3. The van der Waals surface area contributed by atoms with Crippen LogP contribution in [0, 0.1) is 0 Å². The number of rotatable bonds is 6. The summed E-state index contributed by atoms with van der Waals surface area (Å²) in [5, 5.41) is 6.11. The predicted octanol–water partition coefficient (Wildman–Crippen LogP) is 2.39. The minimum atomic E-state index is -4.73. The van der Waals surface area contributed by atoms with Gasteiger partial charge in [0.1, 0.15) is 16.9 Å². The lowest BCUT2D eigenvalue weighted by Crippen LogP contribution is -2.17. The third-order valence-corrected chi connectivity index (χ3v) is 9.21. The average molecular weight is 530 g/mol. The Labute approximate surface area is 197 Å². The molecule has 0 atom stereocenters. The number of nitrogens with zero attached hydrogens (tertiary/aromatic N) is 6. The third-order valence-electron chi connectivity index (χ3n) is 5.60. The van der Waals surface area contributed by atoms with Crippen molar-refractivity contribution in [2.24, 2.45) is 7.05 Å². The van der Waals surface area contributed by atoms with Crippen LogP contribution in [0.4, 0.5) is 18.9 Å². The largest absolute Gasteiger partial charge is 0.435 e. The van der Waals surface area contributed by atoms with E-state index in [-0.39, 0.29) is 44.8 Å². The third kappa shape index (κ3) is 3.99. The number of aryl methyl sites for hydroxylation is 1. The zero-order chi connectivity index (χ0) is 25.3. The van der Waals surface area contributed by atoms with E-state index >= 15 is 0 Å². The van der Waals surface area contributed by atoms with Gasteiger partial charge in [-0.05, 0) is 18.9 Å². The second-order valence-electron chi connectivity index (χ2n) is 8.09. The number of nitrogens with one attached hydrogen (secondary N) is 1. The Hall–Kier alpha value is -3.27. The molecule has 4 aromatic rings. The highest BCUT2D eigenvalue weighted by Gasteiger charge is 2.36. The van der Waals surface area contributed by atoms with Gasteiger partial charge in [0.25, 0.3) is 0 Å². The SMILES string of the molecule is CCS(=O)(=O)c1c(-c2nc3cc(C(F)(F)F)nnc3n2C)nc2cc(NS(=O)(=O)C3CC3)ccn12. The lowest BCUT2D eigenvalue weighted by molar-refractivity contribution is -0.141. The predicted molar refractivity (Wildman–Crippen MR) is 119 cm³/mol. The van der Waals surface area contributed by atoms with Crippen molar-refractivity contribution in [2.75, 3.05) is 10.5 Å². The molecular formula is C19H18F3N7O4S2. The molecular weight excluding hydrogens is 511 g/mol. The summed E-state index contributed by atoms with van der Waals surface area (Å²) in [6.45, 7) is 1.44. The van der Waals surface area contributed by atoms with Crippen LogP contribution in [0.25, 0.3) is 28.3 Å². The van der Waals surface area contributed by atoms with Crippen molar-refractivity contribution >= 4 is 42.4 Å². The number of halogens is 3. The summed E-state index contributed by atoms with van der Waals surface area (Å²) in [5.74, 6) is -0.323. The molecule has 0 unspecified atom stereocenters. The first kappa shape index (κ1) is 23.5. The van der Waals surface area contributed by atoms with E-state index in [0.29, 0.717) is 12.8 Å². The number of sulfonamides is 1. The van der Waals surface area contributed by atoms with Gasteiger partial charge in [-0.3, -0.25) is 9.12 Å². The summed E-state index contributed by atoms with van der Waals surface area (Å²) in [6, 6.07) is 3.51. The van der Waals surface area contributed by atoms with Crippen molar-refractivity contribution in [2.45, 2.75) is 36.2 Å². The number of pyridine rings is 1. The summed E-state index contributed by atoms with van der Waals surface area (Å²) in [4.78, 5) is 8.55. The summed E-state index contributed by atoms with van der Waals surface area (Å²) >= 11 is 0. The summed E-state index contributed by atoms with van der Waals surface area (Å²) in [5.41, 5.74) is -1.17. The molecule has 5 rings (SSSR count). The molecule has 0 aliphatic heterocycles. The van der Waals surface area contributed by atoms with E-state index in [1.165, 1.54) is 41.3 Å². The Balaban J connectivity index is 1.71. The van der Waals surface area contributed by atoms with Gasteiger partial charge in [-0.2, -0.15) is 13.2 Å². The van der Waals surface area contributed by atoms with Gasteiger partial charge in [-0.1, -0.05) is 6.92 Å². The van der Waals surface area contributed by atoms with Crippen molar-refractivity contribution in [3.05, 3.63) is 30.1 Å². The molecule has 1 N–H and O–H groups in total. The van der Waals surface area contributed by atoms with Crippen LogP contribution in [0.1, 0.15) is 25.5 Å². The number of aromatic nitrogens is 6. The summed E-state index contributed by atoms with van der Waals surface area (Å²) in [7, 11) is -6.02. The van der Waals surface area contributed by atoms with E-state index in [2.05, 4.69) is 24.9 Å². The van der Waals surface area contributed by atoms with Crippen molar-refractivity contribution in [1.29, 1.82) is 0 Å². The number of sulfone groups is 1. The fourth-order valence-electron chi connectivity index (χ4n) is 3.63. The van der Waals surface area contributed by atoms with Crippen LogP contribution in [0.2, 0.25) is 0 Å². The molecule has 11 nitrogen and oxygen atoms in total. The van der Waals surface area contributed by atoms with E-state index < -0.39 is 37.0 Å². The highest BCUT2D eigenvalue weighted by atomic mass is 32.2. The Morgan fingerprint density at radius 1 is 1.11 bits per heavy atom. The molecule has 0 saturated heterocycles. The lowest BCUT2D eigenvalue weighted by atomic mass is 10.3. The minimum absolute atomic E-state index is 0.00258. The van der Waals surface area contributed by atoms with Crippen LogP contribution in [-0.4, -0.2) is 57.0 Å². The number of imidazole rings is 2. The Morgan fingerprint density at radius 3 is 2.46 bits per heavy atom. The van der Waals surface area contributed by atoms with Gasteiger partial charge in [-0.15, -0.1) is 10.2 Å². The van der Waals surface area contributed by atoms with Gasteiger partial charge < -0.3 is 4.57 Å². The first-order valence-electron chi connectivity index (χ1n) is 10.4. The Morgan fingerprint density at radius 2 is 1.83 bits per heavy atom. The van der Waals surface area contributed by atoms with Crippen LogP contribution < -0.4 is 4.72 Å². The van der Waals surface area contributed by atoms with Crippen LogP contribution >= 0.6 is 0 Å². The number of anilines is 1. The maximum absolute atomic E-state index is 13.1. The number of hydrogen-bond donors (Lipinski definition) is 1. The molecule has 0 radical (unpaired) electrons. The van der Waals surface area contributed by atoms with Crippen LogP contribution in [0.3, 0.4) is 0 Å². The fraction of sp³-hybridized carbons (Fsp3) is 0.368. The number of hydrogen-bond acceptors (Lipinski definition) is 8.